The average molecular weight is 656 g/mol. The summed E-state index contributed by atoms with van der Waals surface area (Å²) in [6, 6.07) is 11.2. The fourth-order valence-corrected chi connectivity index (χ4v) is 7.90. The summed E-state index contributed by atoms with van der Waals surface area (Å²) < 4.78 is 41.1. The van der Waals surface area contributed by atoms with Crippen molar-refractivity contribution >= 4 is 21.8 Å². The third-order valence-corrected chi connectivity index (χ3v) is 10.8. The van der Waals surface area contributed by atoms with Crippen molar-refractivity contribution in [2.45, 2.75) is 116 Å². The second-order valence-corrected chi connectivity index (χ2v) is 16.7. The van der Waals surface area contributed by atoms with Gasteiger partial charge < -0.3 is 5.32 Å². The molecule has 0 spiro atoms. The Morgan fingerprint density at radius 2 is 1.74 bits per heavy atom. The number of benzene rings is 2. The maximum atomic E-state index is 15.3. The van der Waals surface area contributed by atoms with E-state index in [1.54, 1.807) is 19.9 Å². The van der Waals surface area contributed by atoms with Crippen molar-refractivity contribution in [2.24, 2.45) is 11.3 Å². The molecule has 0 unspecified atom stereocenters. The van der Waals surface area contributed by atoms with Gasteiger partial charge in [-0.15, -0.1) is 0 Å². The van der Waals surface area contributed by atoms with Crippen molar-refractivity contribution in [1.82, 2.24) is 14.9 Å². The molecule has 254 valence electrons. The molecule has 1 heterocycles. The van der Waals surface area contributed by atoms with Gasteiger partial charge in [0.1, 0.15) is 5.82 Å². The molecule has 2 aliphatic carbocycles. The standard InChI is InChI=1S/C35H48FN3O4S.C2H6/c1-34(2)20-30(39(5)21-34)32(40)37-26-17-22(18-26)13-14-23-15-16-25(35(3,4)33(41)38-44(6,42)43)19-28(23)27-11-8-12-29(36)31(27)24-9-7-10-24;1-2/h8,11-12,15-16,19,22,24,26,30H,7,9-10,13-14,17-18,20-21H2,1-6H3,(H,37,40)(H,38,41);1-2H3/t22?,26?,30-;/m0./s1. The summed E-state index contributed by atoms with van der Waals surface area (Å²) in [7, 11) is -1.69. The highest BCUT2D eigenvalue weighted by Crippen LogP contribution is 2.44. The maximum absolute atomic E-state index is 15.3. The molecule has 2 saturated carbocycles. The van der Waals surface area contributed by atoms with E-state index >= 15 is 4.39 Å². The first-order chi connectivity index (χ1) is 21.5. The number of sulfonamides is 1. The van der Waals surface area contributed by atoms with Gasteiger partial charge in [0.15, 0.2) is 0 Å². The molecule has 9 heteroatoms. The molecule has 3 fully saturated rings. The molecule has 2 amide bonds. The van der Waals surface area contributed by atoms with Crippen molar-refractivity contribution in [3.63, 3.8) is 0 Å². The first-order valence-corrected chi connectivity index (χ1v) is 18.9. The average Bonchev–Trinajstić information content (AvgIpc) is 3.21. The lowest BCUT2D eigenvalue weighted by molar-refractivity contribution is -0.127. The van der Waals surface area contributed by atoms with Crippen molar-refractivity contribution in [3.8, 4) is 11.1 Å². The lowest BCUT2D eigenvalue weighted by Crippen LogP contribution is -2.50. The highest BCUT2D eigenvalue weighted by molar-refractivity contribution is 7.89. The predicted molar refractivity (Wildman–Crippen MR) is 184 cm³/mol. The van der Waals surface area contributed by atoms with Crippen molar-refractivity contribution < 1.29 is 22.4 Å². The Hall–Kier alpha value is -2.78. The predicted octanol–water partition coefficient (Wildman–Crippen LogP) is 6.70. The van der Waals surface area contributed by atoms with E-state index in [2.05, 4.69) is 28.8 Å². The second-order valence-electron chi connectivity index (χ2n) is 14.9. The molecule has 46 heavy (non-hydrogen) atoms. The van der Waals surface area contributed by atoms with E-state index in [1.807, 2.05) is 45.2 Å². The number of halogens is 1. The number of hydrogen-bond acceptors (Lipinski definition) is 5. The van der Waals surface area contributed by atoms with E-state index in [0.717, 1.165) is 86.4 Å². The molecule has 7 nitrogen and oxygen atoms in total. The summed E-state index contributed by atoms with van der Waals surface area (Å²) in [4.78, 5) is 28.1. The molecule has 5 rings (SSSR count). The van der Waals surface area contributed by atoms with Crippen molar-refractivity contribution in [1.29, 1.82) is 0 Å². The number of nitrogens with one attached hydrogen (secondary N) is 2. The van der Waals surface area contributed by atoms with Gasteiger partial charge in [0, 0.05) is 12.6 Å². The molecule has 2 N–H and O–H groups in total. The maximum Gasteiger partial charge on any atom is 0.243 e. The molecule has 0 bridgehead atoms. The molecule has 1 saturated heterocycles. The molecule has 0 aromatic heterocycles. The normalized spacial score (nSPS) is 23.0. The molecule has 1 aliphatic heterocycles. The monoisotopic (exact) mass is 655 g/mol. The van der Waals surface area contributed by atoms with Crippen LogP contribution in [0.1, 0.15) is 109 Å². The minimum atomic E-state index is -3.72. The summed E-state index contributed by atoms with van der Waals surface area (Å²) in [6.45, 7) is 12.8. The van der Waals surface area contributed by atoms with Gasteiger partial charge in [-0.2, -0.15) is 0 Å². The van der Waals surface area contributed by atoms with Crippen LogP contribution in [0, 0.1) is 17.2 Å². The minimum absolute atomic E-state index is 0.0648. The van der Waals surface area contributed by atoms with Gasteiger partial charge in [-0.3, -0.25) is 19.2 Å². The highest BCUT2D eigenvalue weighted by Gasteiger charge is 2.41. The van der Waals surface area contributed by atoms with Crippen LogP contribution in [0.3, 0.4) is 0 Å². The van der Waals surface area contributed by atoms with E-state index in [0.29, 0.717) is 11.5 Å². The van der Waals surface area contributed by atoms with E-state index in [1.165, 1.54) is 6.07 Å². The number of aryl methyl sites for hydroxylation is 1. The number of carbonyl (C=O) groups is 2. The number of carbonyl (C=O) groups excluding carboxylic acids is 2. The third kappa shape index (κ3) is 8.19. The van der Waals surface area contributed by atoms with Crippen LogP contribution in [0.25, 0.3) is 11.1 Å². The van der Waals surface area contributed by atoms with Gasteiger partial charge in [0.2, 0.25) is 21.8 Å². The van der Waals surface area contributed by atoms with Gasteiger partial charge in [0.05, 0.1) is 17.7 Å². The van der Waals surface area contributed by atoms with E-state index < -0.39 is 21.3 Å². The van der Waals surface area contributed by atoms with Gasteiger partial charge >= 0.3 is 0 Å². The topological polar surface area (TPSA) is 95.6 Å². The largest absolute Gasteiger partial charge is 0.352 e. The molecule has 3 aliphatic rings. The first kappa shape index (κ1) is 36.1. The molecule has 1 atom stereocenters. The van der Waals surface area contributed by atoms with E-state index in [-0.39, 0.29) is 35.1 Å². The smallest absolute Gasteiger partial charge is 0.243 e. The zero-order chi connectivity index (χ0) is 34.0. The van der Waals surface area contributed by atoms with Crippen LogP contribution >= 0.6 is 0 Å². The van der Waals surface area contributed by atoms with Crippen molar-refractivity contribution in [2.75, 3.05) is 19.8 Å². The molecule has 2 aromatic carbocycles. The van der Waals surface area contributed by atoms with Gasteiger partial charge in [-0.05, 0) is 123 Å². The Kier molecular flexibility index (Phi) is 11.1. The zero-order valence-electron chi connectivity index (χ0n) is 29.0. The summed E-state index contributed by atoms with van der Waals surface area (Å²) in [6.07, 6.45) is 8.47. The second kappa shape index (κ2) is 14.1. The van der Waals surface area contributed by atoms with Crippen LogP contribution < -0.4 is 10.0 Å². The number of nitrogens with zero attached hydrogens (tertiary/aromatic N) is 1. The summed E-state index contributed by atoms with van der Waals surface area (Å²) in [5.41, 5.74) is 3.28. The van der Waals surface area contributed by atoms with Crippen LogP contribution in [0.15, 0.2) is 36.4 Å². The Bertz CT molecular complexity index is 1530. The van der Waals surface area contributed by atoms with Crippen LogP contribution in [-0.4, -0.2) is 57.1 Å². The Morgan fingerprint density at radius 1 is 1.07 bits per heavy atom. The van der Waals surface area contributed by atoms with Crippen LogP contribution in [0.4, 0.5) is 4.39 Å². The first-order valence-electron chi connectivity index (χ1n) is 17.0. The Balaban J connectivity index is 0.00000235. The summed E-state index contributed by atoms with van der Waals surface area (Å²) in [5, 5.41) is 3.28. The van der Waals surface area contributed by atoms with Gasteiger partial charge in [0.25, 0.3) is 0 Å². The van der Waals surface area contributed by atoms with Crippen LogP contribution in [0.5, 0.6) is 0 Å². The lowest BCUT2D eigenvalue weighted by atomic mass is 9.74. The van der Waals surface area contributed by atoms with Crippen LogP contribution in [-0.2, 0) is 31.4 Å². The number of likely N-dealkylation sites (tertiary alicyclic amines) is 1. The quantitative estimate of drug-likeness (QED) is 0.297. The number of likely N-dealkylation sites (N-methyl/N-ethyl adjacent to an activating group) is 1. The molecular weight excluding hydrogens is 601 g/mol. The summed E-state index contributed by atoms with van der Waals surface area (Å²) in [5.74, 6) is -0.0129. The molecule has 0 radical (unpaired) electrons. The molecular formula is C37H54FN3O4S. The van der Waals surface area contributed by atoms with Gasteiger partial charge in [-0.1, -0.05) is 58.4 Å². The Morgan fingerprint density at radius 3 is 2.30 bits per heavy atom. The van der Waals surface area contributed by atoms with Gasteiger partial charge in [-0.25, -0.2) is 12.8 Å². The lowest BCUT2D eigenvalue weighted by Gasteiger charge is -2.37. The SMILES string of the molecule is CC.CN1CC(C)(C)C[C@H]1C(=O)NC1CC(CCc2ccc(C(C)(C)C(=O)NS(C)(=O)=O)cc2-c2cccc(F)c2C2CCC2)C1. The van der Waals surface area contributed by atoms with Crippen LogP contribution in [0.2, 0.25) is 0 Å². The molecule has 2 aromatic rings. The van der Waals surface area contributed by atoms with Crippen molar-refractivity contribution in [3.05, 3.63) is 58.9 Å². The zero-order valence-corrected chi connectivity index (χ0v) is 29.8. The highest BCUT2D eigenvalue weighted by atomic mass is 32.2. The fraction of sp³-hybridized carbons (Fsp3) is 0.622. The number of hydrogen-bond donors (Lipinski definition) is 2. The minimum Gasteiger partial charge on any atom is -0.352 e. The van der Waals surface area contributed by atoms with E-state index in [4.69, 9.17) is 0 Å². The number of rotatable bonds is 10. The third-order valence-electron chi connectivity index (χ3n) is 10.2. The Labute approximate surface area is 276 Å². The van der Waals surface area contributed by atoms with E-state index in [9.17, 15) is 18.0 Å². The summed E-state index contributed by atoms with van der Waals surface area (Å²) >= 11 is 0. The number of amides is 2. The fourth-order valence-electron chi connectivity index (χ4n) is 7.31.